The van der Waals surface area contributed by atoms with Crippen LogP contribution in [0.1, 0.15) is 36.4 Å². The van der Waals surface area contributed by atoms with Gasteiger partial charge in [-0.25, -0.2) is 0 Å². The highest BCUT2D eigenvalue weighted by molar-refractivity contribution is 5.80. The van der Waals surface area contributed by atoms with Gasteiger partial charge in [0.2, 0.25) is 11.8 Å². The van der Waals surface area contributed by atoms with Crippen LogP contribution in [0.15, 0.2) is 60.7 Å². The van der Waals surface area contributed by atoms with E-state index < -0.39 is 5.97 Å². The molecule has 0 saturated carbocycles. The van der Waals surface area contributed by atoms with Crippen LogP contribution in [0.5, 0.6) is 0 Å². The summed E-state index contributed by atoms with van der Waals surface area (Å²) in [5, 5.41) is 14.5. The number of amides is 2. The summed E-state index contributed by atoms with van der Waals surface area (Å²) in [6.07, 6.45) is 0.684. The van der Waals surface area contributed by atoms with Crippen molar-refractivity contribution < 1.29 is 19.5 Å². The first-order valence-electron chi connectivity index (χ1n) is 8.91. The van der Waals surface area contributed by atoms with Gasteiger partial charge in [0, 0.05) is 19.4 Å². The molecule has 0 saturated heterocycles. The lowest BCUT2D eigenvalue weighted by Gasteiger charge is -2.18. The molecule has 1 atom stereocenters. The third kappa shape index (κ3) is 7.73. The first kappa shape index (κ1) is 20.2. The van der Waals surface area contributed by atoms with Crippen molar-refractivity contribution in [2.45, 2.75) is 31.7 Å². The maximum atomic E-state index is 12.2. The van der Waals surface area contributed by atoms with Gasteiger partial charge in [-0.1, -0.05) is 60.7 Å². The summed E-state index contributed by atoms with van der Waals surface area (Å²) in [7, 11) is 0. The van der Waals surface area contributed by atoms with Crippen LogP contribution < -0.4 is 10.6 Å². The van der Waals surface area contributed by atoms with Crippen LogP contribution in [0.4, 0.5) is 0 Å². The topological polar surface area (TPSA) is 95.5 Å². The highest BCUT2D eigenvalue weighted by atomic mass is 16.4. The SMILES string of the molecule is O=C(O)CCC(NC(=O)CCNC(=O)Cc1ccccc1)c1ccccc1. The van der Waals surface area contributed by atoms with E-state index >= 15 is 0 Å². The van der Waals surface area contributed by atoms with E-state index in [4.69, 9.17) is 5.11 Å². The molecule has 27 heavy (non-hydrogen) atoms. The number of benzene rings is 2. The molecule has 2 rings (SSSR count). The lowest BCUT2D eigenvalue weighted by atomic mass is 10.0. The maximum Gasteiger partial charge on any atom is 0.303 e. The zero-order valence-electron chi connectivity index (χ0n) is 15.1. The molecule has 0 aromatic heterocycles. The largest absolute Gasteiger partial charge is 0.481 e. The lowest BCUT2D eigenvalue weighted by molar-refractivity contribution is -0.137. The highest BCUT2D eigenvalue weighted by Gasteiger charge is 2.16. The van der Waals surface area contributed by atoms with Crippen LogP contribution in [0, 0.1) is 0 Å². The molecular weight excluding hydrogens is 344 g/mol. The fourth-order valence-electron chi connectivity index (χ4n) is 2.70. The summed E-state index contributed by atoms with van der Waals surface area (Å²) in [4.78, 5) is 35.0. The number of nitrogens with one attached hydrogen (secondary N) is 2. The van der Waals surface area contributed by atoms with E-state index in [9.17, 15) is 14.4 Å². The third-order valence-electron chi connectivity index (χ3n) is 4.07. The molecule has 0 bridgehead atoms. The van der Waals surface area contributed by atoms with Gasteiger partial charge in [0.25, 0.3) is 0 Å². The Morgan fingerprint density at radius 2 is 1.48 bits per heavy atom. The van der Waals surface area contributed by atoms with E-state index in [1.165, 1.54) is 0 Å². The number of hydrogen-bond donors (Lipinski definition) is 3. The van der Waals surface area contributed by atoms with Crippen molar-refractivity contribution in [3.05, 3.63) is 71.8 Å². The Balaban J connectivity index is 1.79. The van der Waals surface area contributed by atoms with Crippen LogP contribution in [-0.4, -0.2) is 29.4 Å². The molecule has 2 aromatic carbocycles. The first-order valence-corrected chi connectivity index (χ1v) is 8.91. The average molecular weight is 368 g/mol. The zero-order chi connectivity index (χ0) is 19.5. The monoisotopic (exact) mass is 368 g/mol. The van der Waals surface area contributed by atoms with Gasteiger partial charge in [0.15, 0.2) is 0 Å². The molecule has 0 radical (unpaired) electrons. The molecule has 6 nitrogen and oxygen atoms in total. The number of hydrogen-bond acceptors (Lipinski definition) is 3. The Labute approximate surface area is 158 Å². The predicted molar refractivity (Wildman–Crippen MR) is 102 cm³/mol. The average Bonchev–Trinajstić information content (AvgIpc) is 2.66. The van der Waals surface area contributed by atoms with E-state index in [1.807, 2.05) is 60.7 Å². The molecule has 3 N–H and O–H groups in total. The van der Waals surface area contributed by atoms with Gasteiger partial charge >= 0.3 is 5.97 Å². The predicted octanol–water partition coefficient (Wildman–Crippen LogP) is 2.46. The number of carboxylic acids is 1. The third-order valence-corrected chi connectivity index (χ3v) is 4.07. The Morgan fingerprint density at radius 1 is 0.852 bits per heavy atom. The second kappa shape index (κ2) is 10.8. The van der Waals surface area contributed by atoms with Gasteiger partial charge in [-0.05, 0) is 17.5 Å². The van der Waals surface area contributed by atoms with E-state index in [-0.39, 0.29) is 43.7 Å². The minimum Gasteiger partial charge on any atom is -0.481 e. The van der Waals surface area contributed by atoms with Crippen molar-refractivity contribution in [1.82, 2.24) is 10.6 Å². The van der Waals surface area contributed by atoms with Crippen molar-refractivity contribution >= 4 is 17.8 Å². The fourth-order valence-corrected chi connectivity index (χ4v) is 2.70. The van der Waals surface area contributed by atoms with E-state index in [0.717, 1.165) is 11.1 Å². The molecule has 142 valence electrons. The van der Waals surface area contributed by atoms with Crippen molar-refractivity contribution in [2.75, 3.05) is 6.54 Å². The van der Waals surface area contributed by atoms with Crippen LogP contribution >= 0.6 is 0 Å². The molecule has 0 heterocycles. The quantitative estimate of drug-likeness (QED) is 0.600. The van der Waals surface area contributed by atoms with Crippen LogP contribution in [-0.2, 0) is 20.8 Å². The normalized spacial score (nSPS) is 11.4. The Bertz CT molecular complexity index is 747. The van der Waals surface area contributed by atoms with Gasteiger partial charge < -0.3 is 15.7 Å². The fraction of sp³-hybridized carbons (Fsp3) is 0.286. The summed E-state index contributed by atoms with van der Waals surface area (Å²) >= 11 is 0. The van der Waals surface area contributed by atoms with Crippen LogP contribution in [0.3, 0.4) is 0 Å². The first-order chi connectivity index (χ1) is 13.0. The number of carbonyl (C=O) groups is 3. The molecule has 0 spiro atoms. The van der Waals surface area contributed by atoms with Crippen molar-refractivity contribution in [3.8, 4) is 0 Å². The van der Waals surface area contributed by atoms with Gasteiger partial charge in [-0.2, -0.15) is 0 Å². The second-order valence-electron chi connectivity index (χ2n) is 6.23. The number of carbonyl (C=O) groups excluding carboxylic acids is 2. The minimum absolute atomic E-state index is 0.0341. The van der Waals surface area contributed by atoms with E-state index in [2.05, 4.69) is 10.6 Å². The van der Waals surface area contributed by atoms with E-state index in [0.29, 0.717) is 6.42 Å². The molecule has 6 heteroatoms. The Morgan fingerprint density at radius 3 is 2.11 bits per heavy atom. The Hall–Kier alpha value is -3.15. The summed E-state index contributed by atoms with van der Waals surface area (Å²) in [5.74, 6) is -1.27. The van der Waals surface area contributed by atoms with Gasteiger partial charge in [0.1, 0.15) is 0 Å². The summed E-state index contributed by atoms with van der Waals surface area (Å²) < 4.78 is 0. The van der Waals surface area contributed by atoms with Gasteiger partial charge in [-0.15, -0.1) is 0 Å². The molecule has 1 unspecified atom stereocenters. The molecule has 2 aromatic rings. The number of carboxylic acid groups (broad SMARTS) is 1. The number of rotatable bonds is 10. The molecule has 0 aliphatic rings. The van der Waals surface area contributed by atoms with Crippen molar-refractivity contribution in [2.24, 2.45) is 0 Å². The minimum atomic E-state index is -0.904. The summed E-state index contributed by atoms with van der Waals surface area (Å²) in [5.41, 5.74) is 1.78. The highest BCUT2D eigenvalue weighted by Crippen LogP contribution is 2.18. The lowest BCUT2D eigenvalue weighted by Crippen LogP contribution is -2.33. The summed E-state index contributed by atoms with van der Waals surface area (Å²) in [6, 6.07) is 18.3. The van der Waals surface area contributed by atoms with Crippen molar-refractivity contribution in [3.63, 3.8) is 0 Å². The molecule has 0 aliphatic heterocycles. The smallest absolute Gasteiger partial charge is 0.303 e. The van der Waals surface area contributed by atoms with Crippen molar-refractivity contribution in [1.29, 1.82) is 0 Å². The summed E-state index contributed by atoms with van der Waals surface area (Å²) in [6.45, 7) is 0.234. The molecule has 0 fully saturated rings. The van der Waals surface area contributed by atoms with Crippen LogP contribution in [0.25, 0.3) is 0 Å². The Kier molecular flexibility index (Phi) is 8.03. The van der Waals surface area contributed by atoms with Gasteiger partial charge in [0.05, 0.1) is 12.5 Å². The second-order valence-corrected chi connectivity index (χ2v) is 6.23. The van der Waals surface area contributed by atoms with E-state index in [1.54, 1.807) is 0 Å². The molecule has 0 aliphatic carbocycles. The molecular formula is C21H24N2O4. The number of aliphatic carboxylic acids is 1. The maximum absolute atomic E-state index is 12.2. The van der Waals surface area contributed by atoms with Gasteiger partial charge in [-0.3, -0.25) is 14.4 Å². The standard InChI is InChI=1S/C21H24N2O4/c24-19(13-14-22-20(25)15-16-7-3-1-4-8-16)23-18(11-12-21(26)27)17-9-5-2-6-10-17/h1-10,18H,11-15H2,(H,22,25)(H,23,24)(H,26,27). The molecule has 2 amide bonds. The van der Waals surface area contributed by atoms with Crippen LogP contribution in [0.2, 0.25) is 0 Å². The zero-order valence-corrected chi connectivity index (χ0v) is 15.1.